The summed E-state index contributed by atoms with van der Waals surface area (Å²) in [6, 6.07) is 5.68. The summed E-state index contributed by atoms with van der Waals surface area (Å²) in [5.74, 6) is 1.47. The summed E-state index contributed by atoms with van der Waals surface area (Å²) in [7, 11) is 0. The summed E-state index contributed by atoms with van der Waals surface area (Å²) in [6.07, 6.45) is -4.07. The molecule has 0 unspecified atom stereocenters. The summed E-state index contributed by atoms with van der Waals surface area (Å²) >= 11 is 0. The lowest BCUT2D eigenvalue weighted by molar-refractivity contribution is -0.135. The third kappa shape index (κ3) is 4.92. The van der Waals surface area contributed by atoms with E-state index < -0.39 is 12.6 Å². The summed E-state index contributed by atoms with van der Waals surface area (Å²) in [6.45, 7) is 2.29. The van der Waals surface area contributed by atoms with Crippen molar-refractivity contribution in [2.45, 2.75) is 32.0 Å². The molecule has 1 aromatic carbocycles. The van der Waals surface area contributed by atoms with E-state index in [-0.39, 0.29) is 6.42 Å². The fourth-order valence-electron chi connectivity index (χ4n) is 2.01. The number of benzene rings is 1. The van der Waals surface area contributed by atoms with Gasteiger partial charge in [-0.05, 0) is 37.1 Å². The van der Waals surface area contributed by atoms with Crippen LogP contribution < -0.4 is 14.8 Å². The first-order chi connectivity index (χ1) is 9.54. The number of hydrogen-bond donors (Lipinski definition) is 1. The number of alkyl halides is 3. The van der Waals surface area contributed by atoms with Crippen molar-refractivity contribution in [3.05, 3.63) is 23.8 Å². The zero-order chi connectivity index (χ0) is 14.4. The molecular weight excluding hydrogens is 271 g/mol. The Labute approximate surface area is 116 Å². The third-order valence-corrected chi connectivity index (χ3v) is 3.00. The Morgan fingerprint density at radius 1 is 1.05 bits per heavy atom. The predicted molar refractivity (Wildman–Crippen MR) is 69.0 cm³/mol. The number of hydrogen-bond acceptors (Lipinski definition) is 3. The minimum atomic E-state index is -4.05. The van der Waals surface area contributed by atoms with Gasteiger partial charge in [0.2, 0.25) is 0 Å². The molecule has 0 atom stereocenters. The van der Waals surface area contributed by atoms with Crippen LogP contribution in [-0.2, 0) is 6.54 Å². The SMILES string of the molecule is FC(F)(F)CCCCNCc1ccc2c(c1)OCCO2. The van der Waals surface area contributed by atoms with Gasteiger partial charge < -0.3 is 14.8 Å². The predicted octanol–water partition coefficient (Wildman–Crippen LogP) is 3.28. The Morgan fingerprint density at radius 2 is 1.80 bits per heavy atom. The molecule has 2 rings (SSSR count). The van der Waals surface area contributed by atoms with E-state index in [0.717, 1.165) is 17.1 Å². The molecule has 20 heavy (non-hydrogen) atoms. The smallest absolute Gasteiger partial charge is 0.389 e. The Kier molecular flexibility index (Phi) is 5.11. The number of nitrogens with one attached hydrogen (secondary N) is 1. The number of unbranched alkanes of at least 4 members (excludes halogenated alkanes) is 1. The van der Waals surface area contributed by atoms with Gasteiger partial charge >= 0.3 is 6.18 Å². The van der Waals surface area contributed by atoms with Crippen LogP contribution in [0.2, 0.25) is 0 Å². The number of rotatable bonds is 6. The monoisotopic (exact) mass is 289 g/mol. The number of halogens is 3. The average Bonchev–Trinajstić information content (AvgIpc) is 2.41. The van der Waals surface area contributed by atoms with Crippen molar-refractivity contribution in [3.8, 4) is 11.5 Å². The van der Waals surface area contributed by atoms with Crippen molar-refractivity contribution in [2.24, 2.45) is 0 Å². The van der Waals surface area contributed by atoms with E-state index in [1.54, 1.807) is 0 Å². The lowest BCUT2D eigenvalue weighted by Crippen LogP contribution is -2.17. The summed E-state index contributed by atoms with van der Waals surface area (Å²) in [5, 5.41) is 3.13. The molecule has 0 aliphatic carbocycles. The molecular formula is C14H18F3NO2. The molecule has 0 amide bonds. The van der Waals surface area contributed by atoms with E-state index in [1.165, 1.54) is 0 Å². The van der Waals surface area contributed by atoms with Crippen LogP contribution in [0.15, 0.2) is 18.2 Å². The van der Waals surface area contributed by atoms with Crippen molar-refractivity contribution in [1.82, 2.24) is 5.32 Å². The van der Waals surface area contributed by atoms with Crippen molar-refractivity contribution in [1.29, 1.82) is 0 Å². The molecule has 0 spiro atoms. The van der Waals surface area contributed by atoms with Crippen molar-refractivity contribution in [3.63, 3.8) is 0 Å². The molecule has 0 aromatic heterocycles. The van der Waals surface area contributed by atoms with Crippen LogP contribution in [-0.4, -0.2) is 25.9 Å². The average molecular weight is 289 g/mol. The van der Waals surface area contributed by atoms with Crippen LogP contribution in [0, 0.1) is 0 Å². The number of fused-ring (bicyclic) bond motifs is 1. The Balaban J connectivity index is 1.67. The van der Waals surface area contributed by atoms with Crippen molar-refractivity contribution < 1.29 is 22.6 Å². The van der Waals surface area contributed by atoms with Crippen LogP contribution in [0.3, 0.4) is 0 Å². The third-order valence-electron chi connectivity index (χ3n) is 3.00. The first-order valence-corrected chi connectivity index (χ1v) is 6.70. The van der Waals surface area contributed by atoms with Crippen LogP contribution in [0.4, 0.5) is 13.2 Å². The van der Waals surface area contributed by atoms with Gasteiger partial charge in [0.1, 0.15) is 13.2 Å². The summed E-state index contributed by atoms with van der Waals surface area (Å²) in [4.78, 5) is 0. The number of ether oxygens (including phenoxy) is 2. The maximum atomic E-state index is 11.9. The molecule has 0 radical (unpaired) electrons. The quantitative estimate of drug-likeness (QED) is 0.815. The normalized spacial score (nSPS) is 14.3. The lowest BCUT2D eigenvalue weighted by Gasteiger charge is -2.19. The Hall–Kier alpha value is -1.43. The fourth-order valence-corrected chi connectivity index (χ4v) is 2.01. The van der Waals surface area contributed by atoms with Crippen LogP contribution >= 0.6 is 0 Å². The van der Waals surface area contributed by atoms with E-state index in [4.69, 9.17) is 9.47 Å². The van der Waals surface area contributed by atoms with Crippen LogP contribution in [0.25, 0.3) is 0 Å². The molecule has 112 valence electrons. The molecule has 0 bridgehead atoms. The summed E-state index contributed by atoms with van der Waals surface area (Å²) in [5.41, 5.74) is 1.03. The highest BCUT2D eigenvalue weighted by Gasteiger charge is 2.25. The standard InChI is InChI=1S/C14H18F3NO2/c15-14(16,17)5-1-2-6-18-10-11-3-4-12-13(9-11)20-8-7-19-12/h3-4,9,18H,1-2,5-8,10H2. The van der Waals surface area contributed by atoms with Crippen molar-refractivity contribution in [2.75, 3.05) is 19.8 Å². The van der Waals surface area contributed by atoms with E-state index in [1.807, 2.05) is 18.2 Å². The summed E-state index contributed by atoms with van der Waals surface area (Å²) < 4.78 is 46.7. The zero-order valence-corrected chi connectivity index (χ0v) is 11.1. The second-order valence-electron chi connectivity index (χ2n) is 4.73. The van der Waals surface area contributed by atoms with Gasteiger partial charge in [-0.25, -0.2) is 0 Å². The molecule has 0 fully saturated rings. The molecule has 1 N–H and O–H groups in total. The molecule has 0 saturated carbocycles. The topological polar surface area (TPSA) is 30.5 Å². The first kappa shape index (κ1) is 15.0. The van der Waals surface area contributed by atoms with Crippen molar-refractivity contribution >= 4 is 0 Å². The molecule has 6 heteroatoms. The molecule has 1 aliphatic heterocycles. The van der Waals surface area contributed by atoms with Gasteiger partial charge in [0.25, 0.3) is 0 Å². The van der Waals surface area contributed by atoms with E-state index in [2.05, 4.69) is 5.32 Å². The highest BCUT2D eigenvalue weighted by Crippen LogP contribution is 2.30. The zero-order valence-electron chi connectivity index (χ0n) is 11.1. The molecule has 3 nitrogen and oxygen atoms in total. The Bertz CT molecular complexity index is 435. The van der Waals surface area contributed by atoms with Gasteiger partial charge in [-0.15, -0.1) is 0 Å². The molecule has 1 heterocycles. The second kappa shape index (κ2) is 6.83. The first-order valence-electron chi connectivity index (χ1n) is 6.70. The second-order valence-corrected chi connectivity index (χ2v) is 4.73. The van der Waals surface area contributed by atoms with Gasteiger partial charge in [-0.2, -0.15) is 13.2 Å². The highest BCUT2D eigenvalue weighted by molar-refractivity contribution is 5.43. The van der Waals surface area contributed by atoms with Gasteiger partial charge in [-0.3, -0.25) is 0 Å². The lowest BCUT2D eigenvalue weighted by atomic mass is 10.2. The van der Waals surface area contributed by atoms with E-state index >= 15 is 0 Å². The Morgan fingerprint density at radius 3 is 2.55 bits per heavy atom. The molecule has 1 aromatic rings. The highest BCUT2D eigenvalue weighted by atomic mass is 19.4. The van der Waals surface area contributed by atoms with E-state index in [0.29, 0.717) is 32.7 Å². The van der Waals surface area contributed by atoms with Crippen LogP contribution in [0.1, 0.15) is 24.8 Å². The van der Waals surface area contributed by atoms with Gasteiger partial charge in [0.05, 0.1) is 0 Å². The maximum absolute atomic E-state index is 11.9. The fraction of sp³-hybridized carbons (Fsp3) is 0.571. The van der Waals surface area contributed by atoms with Gasteiger partial charge in [0.15, 0.2) is 11.5 Å². The van der Waals surface area contributed by atoms with E-state index in [9.17, 15) is 13.2 Å². The molecule has 1 aliphatic rings. The largest absolute Gasteiger partial charge is 0.486 e. The van der Waals surface area contributed by atoms with Gasteiger partial charge in [0, 0.05) is 13.0 Å². The van der Waals surface area contributed by atoms with Gasteiger partial charge in [-0.1, -0.05) is 6.07 Å². The molecule has 0 saturated heterocycles. The maximum Gasteiger partial charge on any atom is 0.389 e. The minimum absolute atomic E-state index is 0.164. The minimum Gasteiger partial charge on any atom is -0.486 e. The van der Waals surface area contributed by atoms with Crippen LogP contribution in [0.5, 0.6) is 11.5 Å².